The molecule has 1 aromatic carbocycles. The Bertz CT molecular complexity index is 196. The van der Waals surface area contributed by atoms with E-state index in [0.717, 1.165) is 0 Å². The Morgan fingerprint density at radius 3 is 1.75 bits per heavy atom. The minimum absolute atomic E-state index is 0.273. The fraction of sp³-hybridized carbons (Fsp3) is 0.455. The van der Waals surface area contributed by atoms with Gasteiger partial charge in [-0.05, 0) is 17.0 Å². The van der Waals surface area contributed by atoms with E-state index in [9.17, 15) is 0 Å². The molecule has 0 fully saturated rings. The Kier molecular flexibility index (Phi) is 5.38. The van der Waals surface area contributed by atoms with E-state index in [2.05, 4.69) is 39.0 Å². The van der Waals surface area contributed by atoms with Crippen molar-refractivity contribution < 1.29 is 0 Å². The Morgan fingerprint density at radius 1 is 1.08 bits per heavy atom. The molecular formula is C11H16Li. The molecule has 1 radical (unpaired) electrons. The predicted octanol–water partition coefficient (Wildman–Crippen LogP) is 2.99. The van der Waals surface area contributed by atoms with Crippen molar-refractivity contribution in [1.29, 1.82) is 0 Å². The molecule has 1 aromatic rings. The van der Waals surface area contributed by atoms with E-state index in [-0.39, 0.29) is 5.41 Å². The second-order valence-corrected chi connectivity index (χ2v) is 3.54. The molecule has 0 aromatic heterocycles. The van der Waals surface area contributed by atoms with Crippen LogP contribution in [-0.4, -0.2) is 17.7 Å². The third-order valence-electron chi connectivity index (χ3n) is 1.58. The second kappa shape index (κ2) is 5.46. The first-order chi connectivity index (χ1) is 5.61. The van der Waals surface area contributed by atoms with Crippen LogP contribution in [0.4, 0.5) is 0 Å². The van der Waals surface area contributed by atoms with Crippen LogP contribution < -0.4 is 0 Å². The number of hydrogen-bond donors (Lipinski definition) is 0. The molecule has 12 heavy (non-hydrogen) atoms. The molecule has 0 nitrogen and oxygen atoms in total. The summed E-state index contributed by atoms with van der Waals surface area (Å²) in [5.74, 6) is 0. The van der Waals surface area contributed by atoms with Crippen LogP contribution in [0.3, 0.4) is 0 Å². The van der Waals surface area contributed by atoms with Crippen LogP contribution in [0.15, 0.2) is 24.3 Å². The summed E-state index contributed by atoms with van der Waals surface area (Å²) < 4.78 is 0. The summed E-state index contributed by atoms with van der Waals surface area (Å²) in [6.07, 6.45) is 0. The van der Waals surface area contributed by atoms with Gasteiger partial charge in [0.2, 0.25) is 0 Å². The molecule has 0 unspecified atom stereocenters. The summed E-state index contributed by atoms with van der Waals surface area (Å²) in [4.78, 5) is 0. The molecule has 0 N–H and O–H groups in total. The summed E-state index contributed by atoms with van der Waals surface area (Å²) in [7, 11) is 0. The van der Waals surface area contributed by atoms with Gasteiger partial charge in [-0.2, -0.15) is 0 Å². The summed E-state index contributed by atoms with van der Waals surface area (Å²) in [5, 5.41) is 0. The first kappa shape index (κ1) is 11.8. The third-order valence-corrected chi connectivity index (χ3v) is 1.58. The topological polar surface area (TPSA) is 0 Å². The van der Waals surface area contributed by atoms with E-state index in [1.165, 1.54) is 5.56 Å². The molecule has 61 valence electrons. The molecule has 0 spiro atoms. The van der Waals surface area contributed by atoms with Crippen LogP contribution in [0.2, 0.25) is 5.60 Å². The van der Waals surface area contributed by atoms with Crippen molar-refractivity contribution in [2.24, 2.45) is 0 Å². The van der Waals surface area contributed by atoms with E-state index in [1.54, 1.807) is 0 Å². The summed E-state index contributed by atoms with van der Waals surface area (Å²) in [6, 6.07) is 11.1. The Hall–Kier alpha value is -0.183. The molecule has 0 aliphatic heterocycles. The average Bonchev–Trinajstić information content (AvgIpc) is 2.08. The molecule has 0 saturated carbocycles. The van der Waals surface area contributed by atoms with Gasteiger partial charge in [0.25, 0.3) is 0 Å². The van der Waals surface area contributed by atoms with E-state index in [4.69, 9.17) is 0 Å². The van der Waals surface area contributed by atoms with Gasteiger partial charge in [-0.15, -0.1) is 0 Å². The van der Waals surface area contributed by atoms with Gasteiger partial charge < -0.3 is 0 Å². The van der Waals surface area contributed by atoms with Crippen molar-refractivity contribution in [2.45, 2.75) is 31.8 Å². The standard InChI is InChI=1S/C10H13.CH3.Li/c1-10(2,3)9-7-5-4-6-8-9;;/h5-8H,1-3H3;1H3;. The maximum absolute atomic E-state index is 3.00. The van der Waals surface area contributed by atoms with Crippen molar-refractivity contribution in [2.75, 3.05) is 0 Å². The van der Waals surface area contributed by atoms with Crippen molar-refractivity contribution >= 4 is 17.7 Å². The molecule has 0 saturated heterocycles. The normalized spacial score (nSPS) is 10.2. The number of rotatable bonds is 0. The zero-order valence-electron chi connectivity index (χ0n) is 8.81. The molecule has 1 heteroatoms. The van der Waals surface area contributed by atoms with Crippen LogP contribution in [0.5, 0.6) is 0 Å². The average molecular weight is 155 g/mol. The van der Waals surface area contributed by atoms with Crippen LogP contribution in [-0.2, 0) is 5.41 Å². The zero-order chi connectivity index (χ0) is 9.61. The second-order valence-electron chi connectivity index (χ2n) is 3.54. The minimum atomic E-state index is 0.273. The maximum atomic E-state index is 3.00. The zero-order valence-corrected chi connectivity index (χ0v) is 8.81. The van der Waals surface area contributed by atoms with Gasteiger partial charge in [0.15, 0.2) is 0 Å². The van der Waals surface area contributed by atoms with Crippen molar-refractivity contribution in [3.63, 3.8) is 0 Å². The van der Waals surface area contributed by atoms with Gasteiger partial charge in [-0.3, -0.25) is 0 Å². The molecular weight excluding hydrogens is 139 g/mol. The monoisotopic (exact) mass is 155 g/mol. The van der Waals surface area contributed by atoms with Crippen molar-refractivity contribution in [3.8, 4) is 0 Å². The van der Waals surface area contributed by atoms with Gasteiger partial charge in [0.05, 0.1) is 0 Å². The number of hydrogen-bond acceptors (Lipinski definition) is 0. The Morgan fingerprint density at radius 2 is 1.50 bits per heavy atom. The fourth-order valence-corrected chi connectivity index (χ4v) is 0.887. The Labute approximate surface area is 85.6 Å². The molecule has 1 rings (SSSR count). The van der Waals surface area contributed by atoms with E-state index in [0.29, 0.717) is 0 Å². The molecule has 0 heterocycles. The molecule has 0 atom stereocenters. The van der Waals surface area contributed by atoms with Gasteiger partial charge in [0.1, 0.15) is 0 Å². The Balaban J connectivity index is 0.000000561. The van der Waals surface area contributed by atoms with E-state index >= 15 is 0 Å². The van der Waals surface area contributed by atoms with Crippen LogP contribution in [0.1, 0.15) is 26.3 Å². The van der Waals surface area contributed by atoms with Crippen LogP contribution >= 0.6 is 0 Å². The summed E-state index contributed by atoms with van der Waals surface area (Å²) >= 11 is 2.00. The van der Waals surface area contributed by atoms with Crippen LogP contribution in [0, 0.1) is 6.07 Å². The summed E-state index contributed by atoms with van der Waals surface area (Å²) in [5.41, 5.74) is 3.64. The van der Waals surface area contributed by atoms with Crippen molar-refractivity contribution in [1.82, 2.24) is 0 Å². The van der Waals surface area contributed by atoms with E-state index < -0.39 is 0 Å². The van der Waals surface area contributed by atoms with E-state index in [1.807, 2.05) is 35.4 Å². The predicted molar refractivity (Wildman–Crippen MR) is 55.6 cm³/mol. The molecule has 0 aliphatic rings. The van der Waals surface area contributed by atoms with Crippen LogP contribution in [0.25, 0.3) is 0 Å². The van der Waals surface area contributed by atoms with Gasteiger partial charge in [-0.1, -0.05) is 45.0 Å². The fourth-order valence-electron chi connectivity index (χ4n) is 0.887. The SMILES string of the molecule is CC(C)(C)c1cc[c]cc1.[Li][CH3]. The molecule has 0 aliphatic carbocycles. The van der Waals surface area contributed by atoms with Gasteiger partial charge >= 0.3 is 23.3 Å². The quantitative estimate of drug-likeness (QED) is 0.505. The number of benzene rings is 1. The summed E-state index contributed by atoms with van der Waals surface area (Å²) in [6.45, 7) is 6.63. The third kappa shape index (κ3) is 4.00. The molecule has 0 bridgehead atoms. The van der Waals surface area contributed by atoms with Crippen molar-refractivity contribution in [3.05, 3.63) is 35.9 Å². The first-order valence-corrected chi connectivity index (χ1v) is 4.57. The first-order valence-electron chi connectivity index (χ1n) is 4.57. The molecule has 0 amide bonds. The van der Waals surface area contributed by atoms with Gasteiger partial charge in [-0.25, -0.2) is 0 Å². The van der Waals surface area contributed by atoms with Gasteiger partial charge in [0, 0.05) is 0 Å².